The van der Waals surface area contributed by atoms with Gasteiger partial charge in [-0.3, -0.25) is 0 Å². The predicted octanol–water partition coefficient (Wildman–Crippen LogP) is 2.38. The number of aryl methyl sites for hydroxylation is 2. The minimum atomic E-state index is 0.480. The summed E-state index contributed by atoms with van der Waals surface area (Å²) in [6.45, 7) is 7.83. The molecular formula is C18H23ClN6. The Balaban J connectivity index is 1.57. The summed E-state index contributed by atoms with van der Waals surface area (Å²) in [4.78, 5) is 17.6. The predicted molar refractivity (Wildman–Crippen MR) is 102 cm³/mol. The fraction of sp³-hybridized carbons (Fsp3) is 0.389. The molecule has 7 heteroatoms. The van der Waals surface area contributed by atoms with Gasteiger partial charge in [-0.15, -0.1) is 0 Å². The standard InChI is InChI=1S/C18H23ClN6/c1-13-11-16(23-14(2)22-13)12-21-18(20)25-9-7-24(8-10-25)17-5-3-15(19)4-6-17/h3-6,11H,7-10,12H2,1-2H3,(H2,20,21). The van der Waals surface area contributed by atoms with Crippen LogP contribution in [0.1, 0.15) is 17.2 Å². The van der Waals surface area contributed by atoms with Crippen molar-refractivity contribution in [1.82, 2.24) is 14.9 Å². The molecule has 1 aliphatic rings. The first-order valence-electron chi connectivity index (χ1n) is 8.38. The topological polar surface area (TPSA) is 70.6 Å². The lowest BCUT2D eigenvalue weighted by molar-refractivity contribution is 0.380. The van der Waals surface area contributed by atoms with E-state index in [0.717, 1.165) is 48.4 Å². The van der Waals surface area contributed by atoms with E-state index in [-0.39, 0.29) is 0 Å². The number of nitrogens with two attached hydrogens (primary N) is 1. The number of benzene rings is 1. The number of anilines is 1. The Morgan fingerprint density at radius 3 is 2.44 bits per heavy atom. The Bertz CT molecular complexity index is 730. The molecule has 0 atom stereocenters. The van der Waals surface area contributed by atoms with Gasteiger partial charge >= 0.3 is 0 Å². The first-order chi connectivity index (χ1) is 12.0. The lowest BCUT2D eigenvalue weighted by Gasteiger charge is -2.36. The number of halogens is 1. The molecule has 1 saturated heterocycles. The highest BCUT2D eigenvalue weighted by Crippen LogP contribution is 2.19. The monoisotopic (exact) mass is 358 g/mol. The van der Waals surface area contributed by atoms with E-state index in [1.165, 1.54) is 5.69 Å². The minimum absolute atomic E-state index is 0.480. The van der Waals surface area contributed by atoms with Crippen molar-refractivity contribution in [2.75, 3.05) is 31.1 Å². The number of nitrogens with zero attached hydrogens (tertiary/aromatic N) is 5. The minimum Gasteiger partial charge on any atom is -0.370 e. The van der Waals surface area contributed by atoms with E-state index in [1.54, 1.807) is 0 Å². The zero-order valence-electron chi connectivity index (χ0n) is 14.6. The summed E-state index contributed by atoms with van der Waals surface area (Å²) in [6.07, 6.45) is 0. The van der Waals surface area contributed by atoms with E-state index in [2.05, 4.69) is 36.9 Å². The van der Waals surface area contributed by atoms with Crippen LogP contribution in [0.15, 0.2) is 35.3 Å². The second kappa shape index (κ2) is 7.70. The van der Waals surface area contributed by atoms with Crippen LogP contribution in [0.25, 0.3) is 0 Å². The van der Waals surface area contributed by atoms with Crippen LogP contribution in [-0.2, 0) is 6.54 Å². The molecule has 1 aromatic carbocycles. The van der Waals surface area contributed by atoms with Crippen LogP contribution in [0.4, 0.5) is 5.69 Å². The summed E-state index contributed by atoms with van der Waals surface area (Å²) in [6, 6.07) is 9.89. The van der Waals surface area contributed by atoms with Gasteiger partial charge in [0.05, 0.1) is 12.2 Å². The van der Waals surface area contributed by atoms with E-state index < -0.39 is 0 Å². The Morgan fingerprint density at radius 2 is 1.80 bits per heavy atom. The quantitative estimate of drug-likeness (QED) is 0.673. The second-order valence-corrected chi connectivity index (χ2v) is 6.61. The van der Waals surface area contributed by atoms with Gasteiger partial charge in [0.1, 0.15) is 5.82 Å². The lowest BCUT2D eigenvalue weighted by atomic mass is 10.2. The molecule has 2 aromatic rings. The molecule has 1 fully saturated rings. The number of aromatic nitrogens is 2. The molecule has 25 heavy (non-hydrogen) atoms. The van der Waals surface area contributed by atoms with E-state index in [1.807, 2.05) is 32.0 Å². The highest BCUT2D eigenvalue weighted by molar-refractivity contribution is 6.30. The van der Waals surface area contributed by atoms with Crippen LogP contribution < -0.4 is 10.6 Å². The molecule has 2 N–H and O–H groups in total. The molecule has 0 amide bonds. The van der Waals surface area contributed by atoms with Gasteiger partial charge in [-0.05, 0) is 44.2 Å². The van der Waals surface area contributed by atoms with Crippen molar-refractivity contribution in [1.29, 1.82) is 0 Å². The molecule has 1 aromatic heterocycles. The van der Waals surface area contributed by atoms with Gasteiger partial charge in [0.2, 0.25) is 0 Å². The van der Waals surface area contributed by atoms with Crippen LogP contribution in [0.3, 0.4) is 0 Å². The van der Waals surface area contributed by atoms with Gasteiger partial charge in [-0.2, -0.15) is 0 Å². The van der Waals surface area contributed by atoms with E-state index >= 15 is 0 Å². The van der Waals surface area contributed by atoms with Crippen LogP contribution in [0.5, 0.6) is 0 Å². The zero-order valence-corrected chi connectivity index (χ0v) is 15.4. The van der Waals surface area contributed by atoms with Crippen molar-refractivity contribution in [3.63, 3.8) is 0 Å². The molecule has 0 unspecified atom stereocenters. The highest BCUT2D eigenvalue weighted by Gasteiger charge is 2.18. The normalized spacial score (nSPS) is 15.6. The van der Waals surface area contributed by atoms with Crippen molar-refractivity contribution in [2.45, 2.75) is 20.4 Å². The second-order valence-electron chi connectivity index (χ2n) is 6.17. The summed E-state index contributed by atoms with van der Waals surface area (Å²) in [5.41, 5.74) is 9.21. The molecule has 1 aliphatic heterocycles. The smallest absolute Gasteiger partial charge is 0.191 e. The maximum atomic E-state index is 6.17. The molecule has 132 valence electrons. The maximum Gasteiger partial charge on any atom is 0.191 e. The zero-order chi connectivity index (χ0) is 17.8. The SMILES string of the molecule is Cc1cc(CN=C(N)N2CCN(c3ccc(Cl)cc3)CC2)nc(C)n1. The van der Waals surface area contributed by atoms with Crippen LogP contribution >= 0.6 is 11.6 Å². The Kier molecular flexibility index (Phi) is 5.38. The van der Waals surface area contributed by atoms with Gasteiger partial charge in [0, 0.05) is 42.6 Å². The van der Waals surface area contributed by atoms with Gasteiger partial charge in [0.15, 0.2) is 5.96 Å². The summed E-state index contributed by atoms with van der Waals surface area (Å²) in [7, 11) is 0. The van der Waals surface area contributed by atoms with Crippen LogP contribution in [0, 0.1) is 13.8 Å². The summed E-state index contributed by atoms with van der Waals surface area (Å²) in [5, 5.41) is 0.758. The molecule has 6 nitrogen and oxygen atoms in total. The van der Waals surface area contributed by atoms with Gasteiger partial charge in [0.25, 0.3) is 0 Å². The Labute approximate surface area is 153 Å². The van der Waals surface area contributed by atoms with Crippen molar-refractivity contribution in [3.8, 4) is 0 Å². The van der Waals surface area contributed by atoms with Crippen LogP contribution in [0.2, 0.25) is 5.02 Å². The Morgan fingerprint density at radius 1 is 1.12 bits per heavy atom. The summed E-state index contributed by atoms with van der Waals surface area (Å²) < 4.78 is 0. The first kappa shape index (κ1) is 17.5. The average molecular weight is 359 g/mol. The number of hydrogen-bond donors (Lipinski definition) is 1. The molecule has 0 aliphatic carbocycles. The fourth-order valence-electron chi connectivity index (χ4n) is 2.98. The number of rotatable bonds is 3. The van der Waals surface area contributed by atoms with Gasteiger partial charge in [-0.1, -0.05) is 11.6 Å². The molecule has 0 spiro atoms. The maximum absolute atomic E-state index is 6.17. The van der Waals surface area contributed by atoms with E-state index in [9.17, 15) is 0 Å². The largest absolute Gasteiger partial charge is 0.370 e. The van der Waals surface area contributed by atoms with E-state index in [0.29, 0.717) is 12.5 Å². The number of piperazine rings is 1. The number of guanidine groups is 1. The molecule has 0 radical (unpaired) electrons. The Hall–Kier alpha value is -2.34. The fourth-order valence-corrected chi connectivity index (χ4v) is 3.11. The molecule has 2 heterocycles. The number of aliphatic imine (C=N–C) groups is 1. The molecule has 0 saturated carbocycles. The molecule has 0 bridgehead atoms. The van der Waals surface area contributed by atoms with Crippen molar-refractivity contribution in [2.24, 2.45) is 10.7 Å². The van der Waals surface area contributed by atoms with E-state index in [4.69, 9.17) is 17.3 Å². The third kappa shape index (κ3) is 4.60. The highest BCUT2D eigenvalue weighted by atomic mass is 35.5. The number of hydrogen-bond acceptors (Lipinski definition) is 4. The summed E-state index contributed by atoms with van der Waals surface area (Å²) in [5.74, 6) is 1.34. The molecular weight excluding hydrogens is 336 g/mol. The van der Waals surface area contributed by atoms with Gasteiger partial charge in [-0.25, -0.2) is 15.0 Å². The van der Waals surface area contributed by atoms with Crippen LogP contribution in [-0.4, -0.2) is 47.0 Å². The van der Waals surface area contributed by atoms with Crippen molar-refractivity contribution >= 4 is 23.2 Å². The van der Waals surface area contributed by atoms with Gasteiger partial charge < -0.3 is 15.5 Å². The third-order valence-electron chi connectivity index (χ3n) is 4.22. The molecule has 3 rings (SSSR count). The summed E-state index contributed by atoms with van der Waals surface area (Å²) >= 11 is 5.95. The van der Waals surface area contributed by atoms with Crippen molar-refractivity contribution in [3.05, 3.63) is 52.6 Å². The lowest BCUT2D eigenvalue weighted by Crippen LogP contribution is -2.51. The average Bonchev–Trinajstić information content (AvgIpc) is 2.60. The van der Waals surface area contributed by atoms with Crippen molar-refractivity contribution < 1.29 is 0 Å². The first-order valence-corrected chi connectivity index (χ1v) is 8.75. The third-order valence-corrected chi connectivity index (χ3v) is 4.47.